The predicted octanol–water partition coefficient (Wildman–Crippen LogP) is 3.63. The molecule has 0 bridgehead atoms. The fourth-order valence-corrected chi connectivity index (χ4v) is 6.32. The molecular weight excluding hydrogens is 466 g/mol. The molecule has 3 aromatic rings. The average molecular weight is 492 g/mol. The van der Waals surface area contributed by atoms with Crippen molar-refractivity contribution >= 4 is 17.4 Å². The molecule has 3 aliphatic rings. The third-order valence-corrected chi connectivity index (χ3v) is 7.66. The summed E-state index contributed by atoms with van der Waals surface area (Å²) in [5.41, 5.74) is -0.642. The van der Waals surface area contributed by atoms with E-state index in [4.69, 9.17) is 35.9 Å². The molecule has 0 radical (unpaired) electrons. The molecule has 35 heavy (non-hydrogen) atoms. The standard InChI is InChI=1S/C27H25NO6S/c1-30-17-11-9-16(10-12-17)27-21(15-7-5-4-6-8-15)23-24(33-25(35)28-23)26(27,29)22-19(32-3)13-18(31-2)14-20(22)34-27/h4-14,21,23-24,29H,1-3H3,(H,28,35). The van der Waals surface area contributed by atoms with Crippen LogP contribution in [0.2, 0.25) is 0 Å². The van der Waals surface area contributed by atoms with Gasteiger partial charge >= 0.3 is 0 Å². The zero-order valence-electron chi connectivity index (χ0n) is 19.5. The van der Waals surface area contributed by atoms with Gasteiger partial charge in [-0.25, -0.2) is 0 Å². The number of nitrogens with one attached hydrogen (secondary N) is 1. The first-order valence-corrected chi connectivity index (χ1v) is 11.7. The van der Waals surface area contributed by atoms with E-state index in [0.717, 1.165) is 11.1 Å². The number of fused-ring (bicyclic) bond motifs is 5. The van der Waals surface area contributed by atoms with Gasteiger partial charge in [0, 0.05) is 12.1 Å². The minimum absolute atomic E-state index is 0.249. The summed E-state index contributed by atoms with van der Waals surface area (Å²) in [6, 6.07) is 20.7. The molecular formula is C27H25NO6S. The highest BCUT2D eigenvalue weighted by Gasteiger charge is 2.79. The van der Waals surface area contributed by atoms with E-state index in [1.54, 1.807) is 33.5 Å². The lowest BCUT2D eigenvalue weighted by molar-refractivity contribution is -0.144. The SMILES string of the molecule is COc1ccc(C23Oc4cc(OC)cc(OC)c4C2(O)C2OC(=S)NC2C3c2ccccc2)cc1. The molecule has 2 heterocycles. The second-order valence-corrected chi connectivity index (χ2v) is 9.29. The molecule has 6 rings (SSSR count). The third kappa shape index (κ3) is 2.78. The second-order valence-electron chi connectivity index (χ2n) is 8.92. The molecule has 2 N–H and O–H groups in total. The molecule has 0 aromatic heterocycles. The summed E-state index contributed by atoms with van der Waals surface area (Å²) in [7, 11) is 4.76. The number of aliphatic hydroxyl groups is 1. The van der Waals surface area contributed by atoms with Crippen molar-refractivity contribution in [3.05, 3.63) is 83.4 Å². The number of benzene rings is 3. The first-order valence-electron chi connectivity index (χ1n) is 11.3. The Labute approximate surface area is 208 Å². The molecule has 3 aromatic carbocycles. The van der Waals surface area contributed by atoms with Crippen LogP contribution in [0.1, 0.15) is 22.6 Å². The van der Waals surface area contributed by atoms with E-state index in [1.165, 1.54) is 0 Å². The van der Waals surface area contributed by atoms with E-state index in [0.29, 0.717) is 28.6 Å². The van der Waals surface area contributed by atoms with Gasteiger partial charge < -0.3 is 34.1 Å². The predicted molar refractivity (Wildman–Crippen MR) is 132 cm³/mol. The Hall–Kier alpha value is -3.49. The number of methoxy groups -OCH3 is 3. The van der Waals surface area contributed by atoms with Crippen LogP contribution in [-0.4, -0.2) is 43.8 Å². The van der Waals surface area contributed by atoms with Gasteiger partial charge in [0.15, 0.2) is 17.3 Å². The number of rotatable bonds is 5. The lowest BCUT2D eigenvalue weighted by Crippen LogP contribution is -2.52. The summed E-state index contributed by atoms with van der Waals surface area (Å²) in [6.45, 7) is 0. The van der Waals surface area contributed by atoms with Gasteiger partial charge in [0.1, 0.15) is 23.0 Å². The van der Waals surface area contributed by atoms with Crippen LogP contribution < -0.4 is 24.3 Å². The second kappa shape index (κ2) is 7.76. The Morgan fingerprint density at radius 1 is 0.914 bits per heavy atom. The molecule has 1 saturated heterocycles. The largest absolute Gasteiger partial charge is 0.497 e. The van der Waals surface area contributed by atoms with Crippen LogP contribution in [0.5, 0.6) is 23.0 Å². The van der Waals surface area contributed by atoms with Gasteiger partial charge in [-0.3, -0.25) is 0 Å². The monoisotopic (exact) mass is 491 g/mol. The molecule has 1 aliphatic carbocycles. The molecule has 2 fully saturated rings. The van der Waals surface area contributed by atoms with Crippen molar-refractivity contribution in [2.24, 2.45) is 0 Å². The Morgan fingerprint density at radius 2 is 1.63 bits per heavy atom. The molecule has 0 amide bonds. The lowest BCUT2D eigenvalue weighted by atomic mass is 9.71. The molecule has 2 aliphatic heterocycles. The zero-order valence-corrected chi connectivity index (χ0v) is 20.3. The van der Waals surface area contributed by atoms with E-state index >= 15 is 0 Å². The first kappa shape index (κ1) is 22.0. The van der Waals surface area contributed by atoms with E-state index in [1.807, 2.05) is 54.6 Å². The number of hydrogen-bond donors (Lipinski definition) is 2. The van der Waals surface area contributed by atoms with Crippen molar-refractivity contribution in [3.63, 3.8) is 0 Å². The Balaban J connectivity index is 1.69. The van der Waals surface area contributed by atoms with Crippen LogP contribution >= 0.6 is 12.2 Å². The fraction of sp³-hybridized carbons (Fsp3) is 0.296. The minimum Gasteiger partial charge on any atom is -0.497 e. The number of ether oxygens (including phenoxy) is 5. The van der Waals surface area contributed by atoms with E-state index in [2.05, 4.69) is 5.32 Å². The molecule has 8 heteroatoms. The summed E-state index contributed by atoms with van der Waals surface area (Å²) in [5, 5.41) is 16.5. The van der Waals surface area contributed by atoms with E-state index in [-0.39, 0.29) is 17.1 Å². The maximum absolute atomic E-state index is 12.9. The quantitative estimate of drug-likeness (QED) is 0.524. The molecule has 5 unspecified atom stereocenters. The number of thiocarbonyl (C=S) groups is 1. The van der Waals surface area contributed by atoms with Crippen LogP contribution in [0.15, 0.2) is 66.7 Å². The highest BCUT2D eigenvalue weighted by Crippen LogP contribution is 2.69. The van der Waals surface area contributed by atoms with Crippen LogP contribution in [0.3, 0.4) is 0 Å². The van der Waals surface area contributed by atoms with Crippen molar-refractivity contribution in [3.8, 4) is 23.0 Å². The van der Waals surface area contributed by atoms with Gasteiger partial charge in [0.2, 0.25) is 0 Å². The maximum atomic E-state index is 12.9. The minimum atomic E-state index is -1.65. The molecule has 7 nitrogen and oxygen atoms in total. The summed E-state index contributed by atoms with van der Waals surface area (Å²) < 4.78 is 29.7. The van der Waals surface area contributed by atoms with Crippen LogP contribution in [-0.2, 0) is 15.9 Å². The van der Waals surface area contributed by atoms with Gasteiger partial charge in [-0.15, -0.1) is 0 Å². The van der Waals surface area contributed by atoms with Gasteiger partial charge in [-0.1, -0.05) is 42.5 Å². The highest BCUT2D eigenvalue weighted by atomic mass is 32.1. The van der Waals surface area contributed by atoms with Crippen molar-refractivity contribution in [1.82, 2.24) is 5.32 Å². The van der Waals surface area contributed by atoms with Gasteiger partial charge in [0.25, 0.3) is 5.17 Å². The lowest BCUT2D eigenvalue weighted by Gasteiger charge is -2.41. The topological polar surface area (TPSA) is 78.4 Å². The van der Waals surface area contributed by atoms with E-state index in [9.17, 15) is 5.11 Å². The number of hydrogen-bond acceptors (Lipinski definition) is 7. The van der Waals surface area contributed by atoms with Crippen molar-refractivity contribution in [2.75, 3.05) is 21.3 Å². The Morgan fingerprint density at radius 3 is 2.29 bits per heavy atom. The summed E-state index contributed by atoms with van der Waals surface area (Å²) in [6.07, 6.45) is -0.731. The van der Waals surface area contributed by atoms with Gasteiger partial charge in [-0.2, -0.15) is 0 Å². The van der Waals surface area contributed by atoms with E-state index < -0.39 is 17.3 Å². The first-order chi connectivity index (χ1) is 17.0. The van der Waals surface area contributed by atoms with Crippen LogP contribution in [0, 0.1) is 0 Å². The molecule has 0 spiro atoms. The normalized spacial score (nSPS) is 29.8. The summed E-state index contributed by atoms with van der Waals surface area (Å²) in [4.78, 5) is 0. The Bertz CT molecular complexity index is 1300. The Kier molecular flexibility index (Phi) is 4.88. The van der Waals surface area contributed by atoms with Crippen LogP contribution in [0.4, 0.5) is 0 Å². The fourth-order valence-electron chi connectivity index (χ4n) is 6.08. The summed E-state index contributed by atoms with van der Waals surface area (Å²) >= 11 is 5.42. The van der Waals surface area contributed by atoms with Gasteiger partial charge in [-0.05, 0) is 35.5 Å². The average Bonchev–Trinajstić information content (AvgIpc) is 3.46. The molecule has 1 saturated carbocycles. The summed E-state index contributed by atoms with van der Waals surface area (Å²) in [5.74, 6) is 1.82. The van der Waals surface area contributed by atoms with Gasteiger partial charge in [0.05, 0.1) is 38.9 Å². The third-order valence-electron chi connectivity index (χ3n) is 7.44. The smallest absolute Gasteiger partial charge is 0.257 e. The van der Waals surface area contributed by atoms with Crippen LogP contribution in [0.25, 0.3) is 0 Å². The highest BCUT2D eigenvalue weighted by molar-refractivity contribution is 7.80. The molecule has 180 valence electrons. The maximum Gasteiger partial charge on any atom is 0.257 e. The van der Waals surface area contributed by atoms with Crippen molar-refractivity contribution in [2.45, 2.75) is 29.3 Å². The van der Waals surface area contributed by atoms with Crippen molar-refractivity contribution in [1.29, 1.82) is 0 Å². The van der Waals surface area contributed by atoms with Crippen molar-refractivity contribution < 1.29 is 28.8 Å². The molecule has 5 atom stereocenters. The zero-order chi connectivity index (χ0) is 24.4.